The normalized spacial score (nSPS) is 10.7. The van der Waals surface area contributed by atoms with Gasteiger partial charge in [-0.15, -0.1) is 0 Å². The van der Waals surface area contributed by atoms with Gasteiger partial charge in [0.1, 0.15) is 5.02 Å². The number of hydrogen-bond acceptors (Lipinski definition) is 3. The van der Waals surface area contributed by atoms with E-state index in [0.717, 1.165) is 6.07 Å². The molecule has 2 rings (SSSR count). The number of rotatable bonds is 2. The monoisotopic (exact) mass is 277 g/mol. The van der Waals surface area contributed by atoms with E-state index in [1.54, 1.807) is 0 Å². The molecular weight excluding hydrogens is 275 g/mol. The number of carboxylic acid groups (broad SMARTS) is 1. The lowest BCUT2D eigenvalue weighted by atomic mass is 10.1. The lowest BCUT2D eigenvalue weighted by Gasteiger charge is -2.02. The molecule has 0 atom stereocenters. The second-order valence-corrected chi connectivity index (χ2v) is 3.61. The lowest BCUT2D eigenvalue weighted by Crippen LogP contribution is -1.95. The van der Waals surface area contributed by atoms with Crippen LogP contribution in [0.5, 0.6) is 0 Å². The third kappa shape index (κ3) is 1.92. The van der Waals surface area contributed by atoms with Crippen LogP contribution in [0.1, 0.15) is 10.5 Å². The van der Waals surface area contributed by atoms with Crippen LogP contribution in [0.15, 0.2) is 16.7 Å². The van der Waals surface area contributed by atoms with Gasteiger partial charge in [0.2, 0.25) is 0 Å². The summed E-state index contributed by atoms with van der Waals surface area (Å²) in [7, 11) is 0. The van der Waals surface area contributed by atoms with E-state index < -0.39 is 39.7 Å². The molecule has 1 heterocycles. The first-order chi connectivity index (χ1) is 8.41. The molecule has 0 saturated carbocycles. The van der Waals surface area contributed by atoms with Gasteiger partial charge in [-0.1, -0.05) is 16.8 Å². The number of aromatic carboxylic acids is 1. The standard InChI is InChI=1S/C10H3ClF3NO3/c11-7-8(13)3(1-4(12)9(7)14)6-2-5(10(16)17)15-18-6/h1-2H,(H,16,17). The van der Waals surface area contributed by atoms with E-state index in [0.29, 0.717) is 6.07 Å². The molecule has 0 fully saturated rings. The van der Waals surface area contributed by atoms with E-state index >= 15 is 0 Å². The summed E-state index contributed by atoms with van der Waals surface area (Å²) < 4.78 is 44.1. The van der Waals surface area contributed by atoms with Gasteiger partial charge < -0.3 is 9.63 Å². The second-order valence-electron chi connectivity index (χ2n) is 3.23. The number of carbonyl (C=O) groups is 1. The zero-order chi connectivity index (χ0) is 13.4. The summed E-state index contributed by atoms with van der Waals surface area (Å²) in [6, 6.07) is 1.37. The van der Waals surface area contributed by atoms with Crippen molar-refractivity contribution in [1.29, 1.82) is 0 Å². The van der Waals surface area contributed by atoms with Crippen LogP contribution in [0.2, 0.25) is 5.02 Å². The molecule has 1 N–H and O–H groups in total. The van der Waals surface area contributed by atoms with Crippen molar-refractivity contribution in [2.24, 2.45) is 0 Å². The molecule has 4 nitrogen and oxygen atoms in total. The number of halogens is 4. The van der Waals surface area contributed by atoms with Gasteiger partial charge in [0.15, 0.2) is 28.9 Å². The maximum absolute atomic E-state index is 13.6. The first kappa shape index (κ1) is 12.4. The number of hydrogen-bond donors (Lipinski definition) is 1. The van der Waals surface area contributed by atoms with Crippen LogP contribution < -0.4 is 0 Å². The minimum absolute atomic E-state index is 0.370. The minimum atomic E-state index is -1.53. The van der Waals surface area contributed by atoms with Gasteiger partial charge in [-0.05, 0) is 6.07 Å². The van der Waals surface area contributed by atoms with E-state index in [4.69, 9.17) is 16.7 Å². The van der Waals surface area contributed by atoms with Gasteiger partial charge in [-0.3, -0.25) is 0 Å². The highest BCUT2D eigenvalue weighted by molar-refractivity contribution is 6.31. The van der Waals surface area contributed by atoms with Crippen molar-refractivity contribution < 1.29 is 27.6 Å². The molecule has 0 unspecified atom stereocenters. The van der Waals surface area contributed by atoms with Gasteiger partial charge >= 0.3 is 5.97 Å². The first-order valence-corrected chi connectivity index (χ1v) is 4.83. The average molecular weight is 278 g/mol. The first-order valence-electron chi connectivity index (χ1n) is 4.45. The molecule has 8 heteroatoms. The largest absolute Gasteiger partial charge is 0.476 e. The number of benzene rings is 1. The summed E-state index contributed by atoms with van der Waals surface area (Å²) in [5.74, 6) is -5.95. The van der Waals surface area contributed by atoms with Crippen molar-refractivity contribution in [3.05, 3.63) is 40.3 Å². The van der Waals surface area contributed by atoms with Crippen molar-refractivity contribution in [3.8, 4) is 11.3 Å². The lowest BCUT2D eigenvalue weighted by molar-refractivity contribution is 0.0686. The summed E-state index contributed by atoms with van der Waals surface area (Å²) in [6.07, 6.45) is 0. The summed E-state index contributed by atoms with van der Waals surface area (Å²) >= 11 is 5.24. The Morgan fingerprint density at radius 3 is 2.50 bits per heavy atom. The van der Waals surface area contributed by atoms with Crippen LogP contribution >= 0.6 is 11.6 Å². The SMILES string of the molecule is O=C(O)c1cc(-c2cc(F)c(F)c(Cl)c2F)on1. The van der Waals surface area contributed by atoms with E-state index in [-0.39, 0.29) is 5.76 Å². The van der Waals surface area contributed by atoms with Gasteiger partial charge in [-0.2, -0.15) is 0 Å². The highest BCUT2D eigenvalue weighted by Crippen LogP contribution is 2.31. The van der Waals surface area contributed by atoms with Crippen molar-refractivity contribution in [2.45, 2.75) is 0 Å². The summed E-state index contributed by atoms with van der Waals surface area (Å²) in [6.45, 7) is 0. The van der Waals surface area contributed by atoms with Crippen LogP contribution in [0.3, 0.4) is 0 Å². The molecule has 0 spiro atoms. The Balaban J connectivity index is 2.60. The molecule has 0 aliphatic heterocycles. The molecular formula is C10H3ClF3NO3. The predicted molar refractivity (Wildman–Crippen MR) is 53.8 cm³/mol. The van der Waals surface area contributed by atoms with Crippen molar-refractivity contribution in [2.75, 3.05) is 0 Å². The Kier molecular flexibility index (Phi) is 3.00. The second kappa shape index (κ2) is 4.34. The Morgan fingerprint density at radius 2 is 1.94 bits per heavy atom. The van der Waals surface area contributed by atoms with Crippen molar-refractivity contribution in [3.63, 3.8) is 0 Å². The van der Waals surface area contributed by atoms with Crippen LogP contribution in [-0.2, 0) is 0 Å². The zero-order valence-corrected chi connectivity index (χ0v) is 9.13. The average Bonchev–Trinajstić information content (AvgIpc) is 2.80. The predicted octanol–water partition coefficient (Wildman–Crippen LogP) is 3.11. The molecule has 0 aliphatic carbocycles. The van der Waals surface area contributed by atoms with Gasteiger partial charge in [0, 0.05) is 6.07 Å². The molecule has 0 radical (unpaired) electrons. The summed E-state index contributed by atoms with van der Waals surface area (Å²) in [5.41, 5.74) is -1.01. The summed E-state index contributed by atoms with van der Waals surface area (Å²) in [4.78, 5) is 10.5. The third-order valence-corrected chi connectivity index (χ3v) is 2.43. The quantitative estimate of drug-likeness (QED) is 0.677. The number of aromatic nitrogens is 1. The maximum atomic E-state index is 13.6. The molecule has 2 aromatic rings. The Hall–Kier alpha value is -2.02. The van der Waals surface area contributed by atoms with Crippen LogP contribution in [0, 0.1) is 17.5 Å². The molecule has 0 saturated heterocycles. The van der Waals surface area contributed by atoms with Gasteiger partial charge in [0.25, 0.3) is 0 Å². The molecule has 1 aromatic heterocycles. The highest BCUT2D eigenvalue weighted by Gasteiger charge is 2.22. The van der Waals surface area contributed by atoms with Gasteiger partial charge in [-0.25, -0.2) is 18.0 Å². The van der Waals surface area contributed by atoms with Crippen molar-refractivity contribution in [1.82, 2.24) is 5.16 Å². The van der Waals surface area contributed by atoms with Crippen molar-refractivity contribution >= 4 is 17.6 Å². The Labute approximate surface area is 103 Å². The number of nitrogens with zero attached hydrogens (tertiary/aromatic N) is 1. The zero-order valence-electron chi connectivity index (χ0n) is 8.38. The highest BCUT2D eigenvalue weighted by atomic mass is 35.5. The Morgan fingerprint density at radius 1 is 1.28 bits per heavy atom. The fraction of sp³-hybridized carbons (Fsp3) is 0. The molecule has 94 valence electrons. The maximum Gasteiger partial charge on any atom is 0.358 e. The minimum Gasteiger partial charge on any atom is -0.476 e. The molecule has 1 aromatic carbocycles. The molecule has 0 bridgehead atoms. The van der Waals surface area contributed by atoms with Gasteiger partial charge in [0.05, 0.1) is 5.56 Å². The topological polar surface area (TPSA) is 63.3 Å². The van der Waals surface area contributed by atoms with E-state index in [1.807, 2.05) is 0 Å². The molecule has 0 aliphatic rings. The summed E-state index contributed by atoms with van der Waals surface area (Å²) in [5, 5.41) is 10.7. The molecule has 18 heavy (non-hydrogen) atoms. The third-order valence-electron chi connectivity index (χ3n) is 2.10. The van der Waals surface area contributed by atoms with E-state index in [9.17, 15) is 18.0 Å². The van der Waals surface area contributed by atoms with E-state index in [1.165, 1.54) is 0 Å². The fourth-order valence-electron chi connectivity index (χ4n) is 1.26. The van der Waals surface area contributed by atoms with Crippen LogP contribution in [0.4, 0.5) is 13.2 Å². The number of carboxylic acids is 1. The van der Waals surface area contributed by atoms with Crippen LogP contribution in [-0.4, -0.2) is 16.2 Å². The molecule has 0 amide bonds. The van der Waals surface area contributed by atoms with E-state index in [2.05, 4.69) is 9.68 Å². The fourth-order valence-corrected chi connectivity index (χ4v) is 1.45. The Bertz CT molecular complexity index is 642. The van der Waals surface area contributed by atoms with Crippen LogP contribution in [0.25, 0.3) is 11.3 Å². The smallest absolute Gasteiger partial charge is 0.358 e.